The topological polar surface area (TPSA) is 0 Å². The maximum Gasteiger partial charge on any atom is 0.133 e. The second-order valence-electron chi connectivity index (χ2n) is 1.94. The van der Waals surface area contributed by atoms with Gasteiger partial charge in [0.1, 0.15) is 4.84 Å². The van der Waals surface area contributed by atoms with E-state index >= 15 is 0 Å². The van der Waals surface area contributed by atoms with Crippen LogP contribution in [0.3, 0.4) is 0 Å². The van der Waals surface area contributed by atoms with Crippen LogP contribution in [0.1, 0.15) is 10.4 Å². The summed E-state index contributed by atoms with van der Waals surface area (Å²) in [5, 5.41) is 0.619. The van der Waals surface area contributed by atoms with Gasteiger partial charge in [-0.1, -0.05) is 23.7 Å². The van der Waals surface area contributed by atoms with Crippen molar-refractivity contribution in [2.75, 3.05) is 0 Å². The van der Waals surface area contributed by atoms with Crippen molar-refractivity contribution in [2.24, 2.45) is 0 Å². The van der Waals surface area contributed by atoms with Crippen molar-refractivity contribution in [1.82, 2.24) is 0 Å². The number of hydrogen-bond donors (Lipinski definition) is 0. The standard InChI is InChI=1S/C7H4BrCl3/c8-6-4(7(10)11)2-1-3-5(6)9/h1-3,7H. The van der Waals surface area contributed by atoms with Crippen molar-refractivity contribution in [1.29, 1.82) is 0 Å². The van der Waals surface area contributed by atoms with Crippen molar-refractivity contribution in [3.8, 4) is 0 Å². The Labute approximate surface area is 88.6 Å². The van der Waals surface area contributed by atoms with Gasteiger partial charge >= 0.3 is 0 Å². The van der Waals surface area contributed by atoms with Crippen molar-refractivity contribution in [2.45, 2.75) is 4.84 Å². The van der Waals surface area contributed by atoms with Crippen molar-refractivity contribution >= 4 is 50.7 Å². The molecule has 0 heterocycles. The fourth-order valence-electron chi connectivity index (χ4n) is 0.689. The molecule has 1 aromatic rings. The summed E-state index contributed by atoms with van der Waals surface area (Å²) in [6.45, 7) is 0. The number of rotatable bonds is 1. The molecule has 0 aliphatic rings. The molecule has 0 saturated carbocycles. The van der Waals surface area contributed by atoms with Crippen LogP contribution < -0.4 is 0 Å². The molecule has 0 aliphatic heterocycles. The zero-order chi connectivity index (χ0) is 8.43. The summed E-state index contributed by atoms with van der Waals surface area (Å²) in [4.78, 5) is -0.539. The molecule has 1 aromatic carbocycles. The van der Waals surface area contributed by atoms with Gasteiger partial charge in [0.05, 0.1) is 5.02 Å². The predicted octanol–water partition coefficient (Wildman–Crippen LogP) is 4.58. The van der Waals surface area contributed by atoms with Crippen LogP contribution in [-0.4, -0.2) is 0 Å². The van der Waals surface area contributed by atoms with Crippen LogP contribution >= 0.6 is 50.7 Å². The van der Waals surface area contributed by atoms with Crippen LogP contribution in [0.5, 0.6) is 0 Å². The Hall–Kier alpha value is 0.570. The van der Waals surface area contributed by atoms with Gasteiger partial charge in [-0.2, -0.15) is 0 Å². The minimum Gasteiger partial charge on any atom is -0.100 e. The summed E-state index contributed by atoms with van der Waals surface area (Å²) in [5.41, 5.74) is 0.792. The summed E-state index contributed by atoms with van der Waals surface area (Å²) in [6.07, 6.45) is 0. The van der Waals surface area contributed by atoms with E-state index in [2.05, 4.69) is 15.9 Å². The van der Waals surface area contributed by atoms with Crippen molar-refractivity contribution < 1.29 is 0 Å². The summed E-state index contributed by atoms with van der Waals surface area (Å²) in [6, 6.07) is 5.39. The number of alkyl halides is 2. The lowest BCUT2D eigenvalue weighted by molar-refractivity contribution is 1.32. The first-order valence-electron chi connectivity index (χ1n) is 2.85. The molecular weight excluding hydrogens is 270 g/mol. The van der Waals surface area contributed by atoms with Gasteiger partial charge < -0.3 is 0 Å². The highest BCUT2D eigenvalue weighted by Crippen LogP contribution is 2.35. The van der Waals surface area contributed by atoms with E-state index in [1.165, 1.54) is 0 Å². The van der Waals surface area contributed by atoms with Gasteiger partial charge in [0.2, 0.25) is 0 Å². The summed E-state index contributed by atoms with van der Waals surface area (Å²) < 4.78 is 0.761. The Balaban J connectivity index is 3.17. The average Bonchev–Trinajstić information content (AvgIpc) is 1.94. The molecule has 0 bridgehead atoms. The first-order valence-corrected chi connectivity index (χ1v) is 4.89. The van der Waals surface area contributed by atoms with E-state index < -0.39 is 4.84 Å². The summed E-state index contributed by atoms with van der Waals surface area (Å²) >= 11 is 20.4. The quantitative estimate of drug-likeness (QED) is 0.658. The SMILES string of the molecule is Clc1cccc(C(Cl)Cl)c1Br. The average molecular weight is 274 g/mol. The van der Waals surface area contributed by atoms with Gasteiger partial charge in [-0.15, -0.1) is 23.2 Å². The van der Waals surface area contributed by atoms with E-state index in [1.807, 2.05) is 6.07 Å². The highest BCUT2D eigenvalue weighted by Gasteiger charge is 2.09. The molecule has 0 amide bonds. The minimum atomic E-state index is -0.539. The molecule has 11 heavy (non-hydrogen) atoms. The lowest BCUT2D eigenvalue weighted by Crippen LogP contribution is -1.83. The lowest BCUT2D eigenvalue weighted by atomic mass is 10.2. The molecule has 0 unspecified atom stereocenters. The number of halogens is 4. The molecule has 0 radical (unpaired) electrons. The molecule has 0 saturated heterocycles. The minimum absolute atomic E-state index is 0.539. The molecule has 0 fully saturated rings. The van der Waals surface area contributed by atoms with Crippen molar-refractivity contribution in [3.63, 3.8) is 0 Å². The summed E-state index contributed by atoms with van der Waals surface area (Å²) in [7, 11) is 0. The van der Waals surface area contributed by atoms with Gasteiger partial charge in [-0.25, -0.2) is 0 Å². The molecular formula is C7H4BrCl3. The van der Waals surface area contributed by atoms with Crippen LogP contribution in [0, 0.1) is 0 Å². The first kappa shape index (κ1) is 9.66. The second-order valence-corrected chi connectivity index (χ2v) is 4.24. The van der Waals surface area contributed by atoms with E-state index in [0.717, 1.165) is 10.0 Å². The zero-order valence-corrected chi connectivity index (χ0v) is 9.18. The van der Waals surface area contributed by atoms with Gasteiger partial charge in [0.25, 0.3) is 0 Å². The highest BCUT2D eigenvalue weighted by atomic mass is 79.9. The Morgan fingerprint density at radius 3 is 2.36 bits per heavy atom. The highest BCUT2D eigenvalue weighted by molar-refractivity contribution is 9.10. The molecule has 0 atom stereocenters. The normalized spacial score (nSPS) is 10.6. The fourth-order valence-corrected chi connectivity index (χ4v) is 1.99. The number of hydrogen-bond acceptors (Lipinski definition) is 0. The molecule has 60 valence electrons. The fraction of sp³-hybridized carbons (Fsp3) is 0.143. The molecule has 0 aromatic heterocycles. The summed E-state index contributed by atoms with van der Waals surface area (Å²) in [5.74, 6) is 0. The van der Waals surface area contributed by atoms with Crippen LogP contribution in [0.25, 0.3) is 0 Å². The van der Waals surface area contributed by atoms with Crippen LogP contribution in [-0.2, 0) is 0 Å². The Kier molecular flexibility index (Phi) is 3.51. The van der Waals surface area contributed by atoms with E-state index in [-0.39, 0.29) is 0 Å². The van der Waals surface area contributed by atoms with Gasteiger partial charge in [-0.3, -0.25) is 0 Å². The lowest BCUT2D eigenvalue weighted by Gasteiger charge is -2.04. The van der Waals surface area contributed by atoms with Crippen LogP contribution in [0.15, 0.2) is 22.7 Å². The maximum atomic E-state index is 5.79. The monoisotopic (exact) mass is 272 g/mol. The predicted molar refractivity (Wildman–Crippen MR) is 53.6 cm³/mol. The third kappa shape index (κ3) is 2.25. The smallest absolute Gasteiger partial charge is 0.100 e. The van der Waals surface area contributed by atoms with Gasteiger partial charge in [0.15, 0.2) is 0 Å². The molecule has 0 spiro atoms. The van der Waals surface area contributed by atoms with E-state index in [4.69, 9.17) is 34.8 Å². The zero-order valence-electron chi connectivity index (χ0n) is 5.32. The van der Waals surface area contributed by atoms with Gasteiger partial charge in [-0.05, 0) is 22.0 Å². The second kappa shape index (κ2) is 3.99. The van der Waals surface area contributed by atoms with E-state index in [9.17, 15) is 0 Å². The van der Waals surface area contributed by atoms with Crippen LogP contribution in [0.4, 0.5) is 0 Å². The molecule has 0 N–H and O–H groups in total. The van der Waals surface area contributed by atoms with Crippen molar-refractivity contribution in [3.05, 3.63) is 33.3 Å². The number of benzene rings is 1. The Bertz CT molecular complexity index is 260. The third-order valence-electron chi connectivity index (χ3n) is 1.22. The Morgan fingerprint density at radius 1 is 1.27 bits per heavy atom. The van der Waals surface area contributed by atoms with E-state index in [1.54, 1.807) is 12.1 Å². The first-order chi connectivity index (χ1) is 5.13. The molecule has 4 heteroatoms. The molecule has 0 aliphatic carbocycles. The third-order valence-corrected chi connectivity index (χ3v) is 3.12. The van der Waals surface area contributed by atoms with Gasteiger partial charge in [0, 0.05) is 10.0 Å². The Morgan fingerprint density at radius 2 is 1.91 bits per heavy atom. The van der Waals surface area contributed by atoms with E-state index in [0.29, 0.717) is 5.02 Å². The maximum absolute atomic E-state index is 5.79. The largest absolute Gasteiger partial charge is 0.133 e. The molecule has 0 nitrogen and oxygen atoms in total. The van der Waals surface area contributed by atoms with Crippen LogP contribution in [0.2, 0.25) is 5.02 Å². The molecule has 1 rings (SSSR count).